The summed E-state index contributed by atoms with van der Waals surface area (Å²) < 4.78 is 59.9. The van der Waals surface area contributed by atoms with Gasteiger partial charge in [0.1, 0.15) is 27.6 Å². The molecule has 0 atom stereocenters. The van der Waals surface area contributed by atoms with Gasteiger partial charge in [0, 0.05) is 56.4 Å². The molecule has 4 heterocycles. The van der Waals surface area contributed by atoms with Crippen molar-refractivity contribution in [2.45, 2.75) is 32.5 Å². The molecule has 244 valence electrons. The van der Waals surface area contributed by atoms with Gasteiger partial charge >= 0.3 is 12.3 Å². The van der Waals surface area contributed by atoms with E-state index in [0.717, 1.165) is 18.3 Å². The van der Waals surface area contributed by atoms with Gasteiger partial charge in [-0.05, 0) is 32.9 Å². The van der Waals surface area contributed by atoms with Crippen molar-refractivity contribution >= 4 is 57.9 Å². The third kappa shape index (κ3) is 7.31. The number of anilines is 2. The third-order valence-corrected chi connectivity index (χ3v) is 7.29. The predicted molar refractivity (Wildman–Crippen MR) is 165 cm³/mol. The maximum atomic E-state index is 13.8. The van der Waals surface area contributed by atoms with E-state index in [0.29, 0.717) is 18.6 Å². The number of nitrogens with zero attached hydrogens (tertiary/aromatic N) is 6. The van der Waals surface area contributed by atoms with Crippen LogP contribution in [0.2, 0.25) is 10.2 Å². The standard InChI is InChI=1S/C29H29Cl2F3N8O4/c1-28(2,3)46-27(43)42-12-15(13-42)14-44-18-8-16(29(32,33)34)7-17(9-18)39-26-40-25-23(41(26)4)21(30)20(11-38-25)45-19(10-35)22-24(31)37-6-5-36-22/h5-11,15H,12-14,35H2,1-4H3,(H,38,39,40). The number of hydrogen-bond donors (Lipinski definition) is 2. The van der Waals surface area contributed by atoms with Crippen LogP contribution in [-0.2, 0) is 18.0 Å². The number of halogens is 5. The van der Waals surface area contributed by atoms with Crippen molar-refractivity contribution in [2.75, 3.05) is 25.0 Å². The molecule has 12 nitrogen and oxygen atoms in total. The molecule has 0 saturated carbocycles. The Morgan fingerprint density at radius 2 is 1.85 bits per heavy atom. The molecule has 46 heavy (non-hydrogen) atoms. The first-order chi connectivity index (χ1) is 21.6. The van der Waals surface area contributed by atoms with Crippen LogP contribution in [0.3, 0.4) is 0 Å². The van der Waals surface area contributed by atoms with Crippen molar-refractivity contribution in [2.24, 2.45) is 18.7 Å². The number of carbonyl (C=O) groups excluding carboxylic acids is 1. The molecule has 0 unspecified atom stereocenters. The number of hydrogen-bond acceptors (Lipinski definition) is 10. The number of aryl methyl sites for hydroxylation is 1. The smallest absolute Gasteiger partial charge is 0.416 e. The number of aromatic nitrogens is 5. The van der Waals surface area contributed by atoms with Gasteiger partial charge in [0.25, 0.3) is 0 Å². The zero-order chi connectivity index (χ0) is 33.4. The molecule has 1 aromatic carbocycles. The number of likely N-dealkylation sites (tertiary alicyclic amines) is 1. The van der Waals surface area contributed by atoms with E-state index in [1.165, 1.54) is 34.1 Å². The van der Waals surface area contributed by atoms with E-state index in [9.17, 15) is 18.0 Å². The molecule has 0 aliphatic carbocycles. The molecule has 4 aromatic rings. The Hall–Kier alpha value is -4.50. The zero-order valence-corrected chi connectivity index (χ0v) is 26.5. The molecule has 0 radical (unpaired) electrons. The summed E-state index contributed by atoms with van der Waals surface area (Å²) in [5.74, 6) is 0.228. The average molecular weight is 682 g/mol. The minimum absolute atomic E-state index is 0.0116. The molecule has 3 N–H and O–H groups in total. The number of carbonyl (C=O) groups is 1. The van der Waals surface area contributed by atoms with E-state index in [-0.39, 0.29) is 62.9 Å². The molecule has 1 aliphatic rings. The number of benzene rings is 1. The molecule has 1 saturated heterocycles. The fraction of sp³-hybridized carbons (Fsp3) is 0.345. The lowest BCUT2D eigenvalue weighted by atomic mass is 10.0. The van der Waals surface area contributed by atoms with Crippen molar-refractivity contribution < 1.29 is 32.2 Å². The lowest BCUT2D eigenvalue weighted by Gasteiger charge is -2.39. The highest BCUT2D eigenvalue weighted by atomic mass is 35.5. The number of pyridine rings is 1. The summed E-state index contributed by atoms with van der Waals surface area (Å²) in [6.45, 7) is 6.14. The van der Waals surface area contributed by atoms with Crippen LogP contribution in [0.4, 0.5) is 29.6 Å². The second-order valence-electron chi connectivity index (χ2n) is 11.4. The van der Waals surface area contributed by atoms with Crippen LogP contribution >= 0.6 is 23.2 Å². The maximum absolute atomic E-state index is 13.8. The normalized spacial score (nSPS) is 14.3. The Morgan fingerprint density at radius 1 is 1.13 bits per heavy atom. The highest BCUT2D eigenvalue weighted by molar-refractivity contribution is 6.36. The van der Waals surface area contributed by atoms with Gasteiger partial charge in [0.2, 0.25) is 5.95 Å². The van der Waals surface area contributed by atoms with Crippen molar-refractivity contribution in [1.29, 1.82) is 0 Å². The number of amides is 1. The summed E-state index contributed by atoms with van der Waals surface area (Å²) in [4.78, 5) is 30.4. The first-order valence-electron chi connectivity index (χ1n) is 13.8. The number of alkyl halides is 3. The Kier molecular flexibility index (Phi) is 9.09. The number of nitrogens with one attached hydrogen (secondary N) is 1. The van der Waals surface area contributed by atoms with Crippen LogP contribution in [0.5, 0.6) is 11.5 Å². The molecule has 0 bridgehead atoms. The number of rotatable bonds is 8. The molecule has 3 aromatic heterocycles. The van der Waals surface area contributed by atoms with Crippen LogP contribution < -0.4 is 20.5 Å². The van der Waals surface area contributed by atoms with Gasteiger partial charge in [0.05, 0.1) is 18.4 Å². The Morgan fingerprint density at radius 3 is 2.50 bits per heavy atom. The minimum atomic E-state index is -4.65. The van der Waals surface area contributed by atoms with E-state index in [4.69, 9.17) is 43.1 Å². The summed E-state index contributed by atoms with van der Waals surface area (Å²) in [6.07, 6.45) is 0.172. The van der Waals surface area contributed by atoms with Crippen LogP contribution in [0.1, 0.15) is 32.0 Å². The van der Waals surface area contributed by atoms with Crippen molar-refractivity contribution in [3.05, 3.63) is 64.4 Å². The fourth-order valence-electron chi connectivity index (χ4n) is 4.47. The summed E-state index contributed by atoms with van der Waals surface area (Å²) in [5.41, 5.74) is 4.93. The van der Waals surface area contributed by atoms with E-state index >= 15 is 0 Å². The van der Waals surface area contributed by atoms with Crippen LogP contribution in [0, 0.1) is 5.92 Å². The Bertz CT molecular complexity index is 1800. The van der Waals surface area contributed by atoms with Crippen LogP contribution in [-0.4, -0.2) is 60.8 Å². The lowest BCUT2D eigenvalue weighted by molar-refractivity contribution is -0.137. The average Bonchev–Trinajstić information content (AvgIpc) is 3.26. The number of imidazole rings is 1. The van der Waals surface area contributed by atoms with E-state index in [1.54, 1.807) is 27.8 Å². The molecule has 1 amide bonds. The van der Waals surface area contributed by atoms with Gasteiger partial charge in [-0.2, -0.15) is 18.2 Å². The van der Waals surface area contributed by atoms with Gasteiger partial charge in [-0.15, -0.1) is 0 Å². The molecule has 1 fully saturated rings. The number of fused-ring (bicyclic) bond motifs is 1. The monoisotopic (exact) mass is 680 g/mol. The molecule has 5 rings (SSSR count). The Labute approximate surface area is 271 Å². The van der Waals surface area contributed by atoms with Gasteiger partial charge in [-0.25, -0.2) is 19.7 Å². The van der Waals surface area contributed by atoms with Gasteiger partial charge in [-0.1, -0.05) is 23.2 Å². The van der Waals surface area contributed by atoms with E-state index < -0.39 is 23.4 Å². The van der Waals surface area contributed by atoms with E-state index in [1.807, 2.05) is 0 Å². The zero-order valence-electron chi connectivity index (χ0n) is 25.0. The predicted octanol–water partition coefficient (Wildman–Crippen LogP) is 6.41. The van der Waals surface area contributed by atoms with Gasteiger partial charge in [0.15, 0.2) is 22.3 Å². The van der Waals surface area contributed by atoms with Crippen LogP contribution in [0.25, 0.3) is 16.9 Å². The molecular formula is C29H29Cl2F3N8O4. The van der Waals surface area contributed by atoms with Gasteiger partial charge in [-0.3, -0.25) is 0 Å². The quantitative estimate of drug-likeness (QED) is 0.200. The molecular weight excluding hydrogens is 652 g/mol. The maximum Gasteiger partial charge on any atom is 0.416 e. The van der Waals surface area contributed by atoms with Crippen molar-refractivity contribution in [3.63, 3.8) is 0 Å². The van der Waals surface area contributed by atoms with Crippen LogP contribution in [0.15, 0.2) is 43.0 Å². The third-order valence-electron chi connectivity index (χ3n) is 6.65. The van der Waals surface area contributed by atoms with Gasteiger partial charge < -0.3 is 34.7 Å². The van der Waals surface area contributed by atoms with E-state index in [2.05, 4.69) is 25.3 Å². The first-order valence-corrected chi connectivity index (χ1v) is 14.6. The van der Waals surface area contributed by atoms with Crippen molar-refractivity contribution in [3.8, 4) is 11.5 Å². The highest BCUT2D eigenvalue weighted by Crippen LogP contribution is 2.38. The Balaban J connectivity index is 1.34. The second kappa shape index (κ2) is 12.7. The largest absolute Gasteiger partial charge is 0.493 e. The lowest BCUT2D eigenvalue weighted by Crippen LogP contribution is -2.53. The first kappa shape index (κ1) is 32.9. The molecule has 1 aliphatic heterocycles. The number of ether oxygens (including phenoxy) is 3. The molecule has 0 spiro atoms. The summed E-state index contributed by atoms with van der Waals surface area (Å²) >= 11 is 12.8. The topological polar surface area (TPSA) is 143 Å². The summed E-state index contributed by atoms with van der Waals surface area (Å²) in [6, 6.07) is 3.27. The second-order valence-corrected chi connectivity index (χ2v) is 12.1. The van der Waals surface area contributed by atoms with Crippen molar-refractivity contribution in [1.82, 2.24) is 29.4 Å². The molecule has 17 heteroatoms. The SMILES string of the molecule is Cn1c(Nc2cc(OCC3CN(C(=O)OC(C)(C)C)C3)cc(C(F)(F)F)c2)nc2ncc(OC(=CN)c3nccnc3Cl)c(Cl)c21. The summed E-state index contributed by atoms with van der Waals surface area (Å²) in [7, 11) is 1.60. The highest BCUT2D eigenvalue weighted by Gasteiger charge is 2.35. The summed E-state index contributed by atoms with van der Waals surface area (Å²) in [5, 5.41) is 3.05. The minimum Gasteiger partial charge on any atom is -0.493 e. The fourth-order valence-corrected chi connectivity index (χ4v) is 4.97. The number of nitrogens with two attached hydrogens (primary N) is 1.